The first-order chi connectivity index (χ1) is 13.9. The van der Waals surface area contributed by atoms with Crippen LogP contribution < -0.4 is 4.74 Å². The highest BCUT2D eigenvalue weighted by Gasteiger charge is 2.18. The Balaban J connectivity index is 2.03. The average molecular weight is 405 g/mol. The van der Waals surface area contributed by atoms with Crippen LogP contribution in [0, 0.1) is 18.3 Å². The van der Waals surface area contributed by atoms with E-state index in [1.54, 1.807) is 37.4 Å². The number of nitrogens with zero attached hydrogens (tertiary/aromatic N) is 2. The van der Waals surface area contributed by atoms with Gasteiger partial charge in [0.05, 0.1) is 16.2 Å². The number of fused-ring (bicyclic) bond motifs is 3. The van der Waals surface area contributed by atoms with Gasteiger partial charge in [0.1, 0.15) is 17.5 Å². The number of hydrogen-bond acceptors (Lipinski definition) is 5. The third kappa shape index (κ3) is 3.32. The molecule has 1 N–H and O–H groups in total. The van der Waals surface area contributed by atoms with Crippen LogP contribution in [0.15, 0.2) is 53.6 Å². The number of nitriles is 1. The molecule has 6 nitrogen and oxygen atoms in total. The number of rotatable bonds is 5. The molecule has 0 aliphatic rings. The molecule has 0 spiro atoms. The highest BCUT2D eigenvalue weighted by molar-refractivity contribution is 7.91. The molecule has 0 unspecified atom stereocenters. The predicted molar refractivity (Wildman–Crippen MR) is 113 cm³/mol. The Hall–Kier alpha value is -3.37. The van der Waals surface area contributed by atoms with Crippen LogP contribution >= 0.6 is 0 Å². The van der Waals surface area contributed by atoms with Crippen molar-refractivity contribution in [2.75, 3.05) is 12.4 Å². The number of pyridine rings is 1. The third-order valence-electron chi connectivity index (χ3n) is 4.88. The van der Waals surface area contributed by atoms with Crippen LogP contribution in [0.1, 0.15) is 12.5 Å². The molecule has 0 fully saturated rings. The minimum absolute atomic E-state index is 0.0446. The quantitative estimate of drug-likeness (QED) is 0.531. The molecule has 146 valence electrons. The van der Waals surface area contributed by atoms with Gasteiger partial charge in [0.25, 0.3) is 0 Å². The number of ether oxygens (including phenoxy) is 1. The molecular formula is C22H19N3O3S. The second-order valence-corrected chi connectivity index (χ2v) is 9.05. The van der Waals surface area contributed by atoms with Gasteiger partial charge in [-0.2, -0.15) is 5.26 Å². The minimum atomic E-state index is -3.32. The van der Waals surface area contributed by atoms with Gasteiger partial charge < -0.3 is 9.72 Å². The van der Waals surface area contributed by atoms with Crippen LogP contribution in [0.3, 0.4) is 0 Å². The molecule has 2 heterocycles. The van der Waals surface area contributed by atoms with Crippen LogP contribution in [0.4, 0.5) is 0 Å². The summed E-state index contributed by atoms with van der Waals surface area (Å²) in [6, 6.07) is 14.7. The molecule has 7 heteroatoms. The molecule has 0 bridgehead atoms. The van der Waals surface area contributed by atoms with Crippen molar-refractivity contribution < 1.29 is 13.2 Å². The van der Waals surface area contributed by atoms with E-state index < -0.39 is 9.84 Å². The van der Waals surface area contributed by atoms with Gasteiger partial charge in [-0.05, 0) is 53.9 Å². The SMILES string of the molecule is CCS(=O)(=O)c1cccc(-c2ccc(OCC#N)c3[nH]c4ncc(C)cc4c23)c1. The summed E-state index contributed by atoms with van der Waals surface area (Å²) in [7, 11) is -3.32. The van der Waals surface area contributed by atoms with E-state index in [1.807, 2.05) is 31.2 Å². The zero-order valence-corrected chi connectivity index (χ0v) is 16.9. The molecule has 4 rings (SSSR count). The molecular weight excluding hydrogens is 386 g/mol. The molecule has 0 aliphatic heterocycles. The maximum absolute atomic E-state index is 12.4. The highest BCUT2D eigenvalue weighted by Crippen LogP contribution is 2.39. The van der Waals surface area contributed by atoms with Crippen LogP contribution in [0.25, 0.3) is 33.1 Å². The van der Waals surface area contributed by atoms with Crippen molar-refractivity contribution in [2.24, 2.45) is 0 Å². The Labute approximate surface area is 168 Å². The summed E-state index contributed by atoms with van der Waals surface area (Å²) in [5.74, 6) is 0.599. The van der Waals surface area contributed by atoms with Crippen LogP contribution in [0.2, 0.25) is 0 Å². The first kappa shape index (κ1) is 19.0. The van der Waals surface area contributed by atoms with Gasteiger partial charge in [-0.1, -0.05) is 19.1 Å². The number of aromatic amines is 1. The summed E-state index contributed by atoms with van der Waals surface area (Å²) >= 11 is 0. The Morgan fingerprint density at radius 3 is 2.79 bits per heavy atom. The molecule has 0 aliphatic carbocycles. The number of aryl methyl sites for hydroxylation is 1. The molecule has 0 radical (unpaired) electrons. The first-order valence-electron chi connectivity index (χ1n) is 9.18. The standard InChI is InChI=1S/C22H19N3O3S/c1-3-29(26,27)16-6-4-5-15(12-16)17-7-8-19(28-10-9-23)21-20(17)18-11-14(2)13-24-22(18)25-21/h4-8,11-13H,3,10H2,1-2H3,(H,24,25). The number of aromatic nitrogens is 2. The van der Waals surface area contributed by atoms with Gasteiger partial charge in [0, 0.05) is 17.0 Å². The smallest absolute Gasteiger partial charge is 0.178 e. The minimum Gasteiger partial charge on any atom is -0.477 e. The summed E-state index contributed by atoms with van der Waals surface area (Å²) in [6.07, 6.45) is 1.78. The van der Waals surface area contributed by atoms with Crippen LogP contribution in [-0.4, -0.2) is 30.7 Å². The van der Waals surface area contributed by atoms with E-state index >= 15 is 0 Å². The number of H-pyrrole nitrogens is 1. The largest absolute Gasteiger partial charge is 0.477 e. The van der Waals surface area contributed by atoms with E-state index in [4.69, 9.17) is 10.00 Å². The molecule has 0 saturated carbocycles. The van der Waals surface area contributed by atoms with Crippen LogP contribution in [0.5, 0.6) is 5.75 Å². The van der Waals surface area contributed by atoms with Crippen molar-refractivity contribution >= 4 is 31.8 Å². The second-order valence-electron chi connectivity index (χ2n) is 6.77. The fourth-order valence-electron chi connectivity index (χ4n) is 3.46. The average Bonchev–Trinajstić information content (AvgIpc) is 3.11. The zero-order chi connectivity index (χ0) is 20.6. The number of sulfone groups is 1. The fraction of sp³-hybridized carbons (Fsp3) is 0.182. The zero-order valence-electron chi connectivity index (χ0n) is 16.1. The maximum atomic E-state index is 12.4. The molecule has 0 saturated heterocycles. The van der Waals surface area contributed by atoms with Gasteiger partial charge >= 0.3 is 0 Å². The lowest BCUT2D eigenvalue weighted by atomic mass is 9.99. The van der Waals surface area contributed by atoms with E-state index in [1.165, 1.54) is 0 Å². The summed E-state index contributed by atoms with van der Waals surface area (Å²) in [6.45, 7) is 3.53. The highest BCUT2D eigenvalue weighted by atomic mass is 32.2. The Morgan fingerprint density at radius 1 is 1.21 bits per heavy atom. The monoisotopic (exact) mass is 405 g/mol. The van der Waals surface area contributed by atoms with Gasteiger partial charge in [-0.15, -0.1) is 0 Å². The van der Waals surface area contributed by atoms with E-state index in [-0.39, 0.29) is 12.4 Å². The second kappa shape index (κ2) is 7.22. The number of nitrogens with one attached hydrogen (secondary N) is 1. The molecule has 2 aromatic carbocycles. The lowest BCUT2D eigenvalue weighted by Crippen LogP contribution is -2.03. The maximum Gasteiger partial charge on any atom is 0.178 e. The van der Waals surface area contributed by atoms with Crippen molar-refractivity contribution in [3.63, 3.8) is 0 Å². The van der Waals surface area contributed by atoms with E-state index in [0.29, 0.717) is 16.3 Å². The van der Waals surface area contributed by atoms with Crippen LogP contribution in [-0.2, 0) is 9.84 Å². The molecule has 0 atom stereocenters. The summed E-state index contributed by atoms with van der Waals surface area (Å²) in [5, 5.41) is 10.7. The first-order valence-corrected chi connectivity index (χ1v) is 10.8. The van der Waals surface area contributed by atoms with Crippen molar-refractivity contribution in [3.05, 3.63) is 54.2 Å². The number of hydrogen-bond donors (Lipinski definition) is 1. The van der Waals surface area contributed by atoms with E-state index in [9.17, 15) is 8.42 Å². The topological polar surface area (TPSA) is 95.8 Å². The predicted octanol–water partition coefficient (Wildman–Crippen LogP) is 4.39. The summed E-state index contributed by atoms with van der Waals surface area (Å²) < 4.78 is 30.3. The van der Waals surface area contributed by atoms with Crippen molar-refractivity contribution in [1.82, 2.24) is 9.97 Å². The van der Waals surface area contributed by atoms with Gasteiger partial charge in [0.2, 0.25) is 0 Å². The molecule has 0 amide bonds. The fourth-order valence-corrected chi connectivity index (χ4v) is 4.39. The third-order valence-corrected chi connectivity index (χ3v) is 6.61. The van der Waals surface area contributed by atoms with Gasteiger partial charge in [-0.25, -0.2) is 13.4 Å². The Morgan fingerprint density at radius 2 is 2.03 bits per heavy atom. The molecule has 4 aromatic rings. The normalized spacial score (nSPS) is 11.6. The van der Waals surface area contributed by atoms with Gasteiger partial charge in [0.15, 0.2) is 16.4 Å². The summed E-state index contributed by atoms with van der Waals surface area (Å²) in [4.78, 5) is 8.05. The van der Waals surface area contributed by atoms with E-state index in [2.05, 4.69) is 9.97 Å². The van der Waals surface area contributed by atoms with Crippen molar-refractivity contribution in [2.45, 2.75) is 18.7 Å². The molecule has 2 aromatic heterocycles. The summed E-state index contributed by atoms with van der Waals surface area (Å²) in [5.41, 5.74) is 4.11. The lowest BCUT2D eigenvalue weighted by Gasteiger charge is -2.10. The molecule has 29 heavy (non-hydrogen) atoms. The van der Waals surface area contributed by atoms with Crippen molar-refractivity contribution in [1.29, 1.82) is 5.26 Å². The Bertz CT molecular complexity index is 1380. The Kier molecular flexibility index (Phi) is 4.73. The number of benzene rings is 2. The van der Waals surface area contributed by atoms with Crippen molar-refractivity contribution in [3.8, 4) is 22.9 Å². The lowest BCUT2D eigenvalue weighted by molar-refractivity contribution is 0.372. The van der Waals surface area contributed by atoms with E-state index in [0.717, 1.165) is 33.0 Å². The van der Waals surface area contributed by atoms with Gasteiger partial charge in [-0.3, -0.25) is 0 Å².